The standard InChI is InChI=1S/C23H18N4O5S3/c1-26-12-19(21(29)27(2)23(26)30)35(31,32)25-16-11-18(20(28)14-8-4-3-7-13(14)16)34-22-24-15-9-5-6-10-17(15)33-22/h3-12,25,28H,1-2H3. The first-order valence-electron chi connectivity index (χ1n) is 10.2. The van der Waals surface area contributed by atoms with Crippen LogP contribution in [0.3, 0.4) is 0 Å². The van der Waals surface area contributed by atoms with Crippen LogP contribution in [0, 0.1) is 0 Å². The zero-order valence-electron chi connectivity index (χ0n) is 18.4. The minimum Gasteiger partial charge on any atom is -0.506 e. The van der Waals surface area contributed by atoms with Gasteiger partial charge in [0.1, 0.15) is 5.75 Å². The Morgan fingerprint density at radius 1 is 1.03 bits per heavy atom. The Balaban J connectivity index is 1.63. The van der Waals surface area contributed by atoms with Crippen molar-refractivity contribution in [3.63, 3.8) is 0 Å². The van der Waals surface area contributed by atoms with E-state index in [1.165, 1.54) is 43.3 Å². The molecule has 9 nitrogen and oxygen atoms in total. The zero-order valence-corrected chi connectivity index (χ0v) is 20.9. The lowest BCUT2D eigenvalue weighted by molar-refractivity contribution is 0.469. The third-order valence-corrected chi connectivity index (χ3v) is 8.88. The molecule has 178 valence electrons. The molecule has 0 unspecified atom stereocenters. The van der Waals surface area contributed by atoms with Crippen LogP contribution in [-0.2, 0) is 24.1 Å². The zero-order chi connectivity index (χ0) is 24.9. The maximum Gasteiger partial charge on any atom is 0.330 e. The van der Waals surface area contributed by atoms with Gasteiger partial charge in [-0.3, -0.25) is 14.1 Å². The molecule has 2 aromatic heterocycles. The largest absolute Gasteiger partial charge is 0.506 e. The van der Waals surface area contributed by atoms with Crippen molar-refractivity contribution < 1.29 is 13.5 Å². The Morgan fingerprint density at radius 2 is 1.71 bits per heavy atom. The Kier molecular flexibility index (Phi) is 5.66. The van der Waals surface area contributed by atoms with Crippen LogP contribution in [0.25, 0.3) is 21.0 Å². The van der Waals surface area contributed by atoms with E-state index in [4.69, 9.17) is 0 Å². The van der Waals surface area contributed by atoms with Crippen molar-refractivity contribution >= 4 is 59.8 Å². The number of phenolic OH excluding ortho intramolecular Hbond substituents is 1. The molecule has 0 saturated heterocycles. The Bertz CT molecular complexity index is 1820. The topological polar surface area (TPSA) is 123 Å². The quantitative estimate of drug-likeness (QED) is 0.336. The summed E-state index contributed by atoms with van der Waals surface area (Å²) in [5, 5.41) is 11.8. The van der Waals surface area contributed by atoms with Crippen LogP contribution in [-0.4, -0.2) is 27.6 Å². The van der Waals surface area contributed by atoms with Crippen molar-refractivity contribution in [3.8, 4) is 5.75 Å². The minimum atomic E-state index is -4.37. The fourth-order valence-corrected chi connectivity index (χ4v) is 6.99. The van der Waals surface area contributed by atoms with Crippen LogP contribution in [0.4, 0.5) is 5.69 Å². The molecule has 0 radical (unpaired) electrons. The normalized spacial score (nSPS) is 11.8. The first-order valence-corrected chi connectivity index (χ1v) is 13.3. The predicted octanol–water partition coefficient (Wildman–Crippen LogP) is 3.50. The molecular formula is C23H18N4O5S3. The molecule has 0 saturated carbocycles. The molecule has 5 rings (SSSR count). The summed E-state index contributed by atoms with van der Waals surface area (Å²) in [5.41, 5.74) is -0.573. The van der Waals surface area contributed by atoms with Crippen molar-refractivity contribution in [1.29, 1.82) is 0 Å². The summed E-state index contributed by atoms with van der Waals surface area (Å²) in [4.78, 5) is 29.0. The fraction of sp³-hybridized carbons (Fsp3) is 0.0870. The summed E-state index contributed by atoms with van der Waals surface area (Å²) in [6, 6.07) is 15.9. The average molecular weight is 527 g/mol. The van der Waals surface area contributed by atoms with Crippen molar-refractivity contribution in [2.24, 2.45) is 14.1 Å². The predicted molar refractivity (Wildman–Crippen MR) is 137 cm³/mol. The summed E-state index contributed by atoms with van der Waals surface area (Å²) in [7, 11) is -1.79. The van der Waals surface area contributed by atoms with E-state index in [1.807, 2.05) is 24.3 Å². The van der Waals surface area contributed by atoms with E-state index in [-0.39, 0.29) is 11.4 Å². The van der Waals surface area contributed by atoms with Gasteiger partial charge in [-0.05, 0) is 18.2 Å². The highest BCUT2D eigenvalue weighted by atomic mass is 32.2. The van der Waals surface area contributed by atoms with Crippen LogP contribution in [0.15, 0.2) is 84.5 Å². The van der Waals surface area contributed by atoms with Gasteiger partial charge >= 0.3 is 5.69 Å². The smallest absolute Gasteiger partial charge is 0.330 e. The number of nitrogens with zero attached hydrogens (tertiary/aromatic N) is 3. The number of sulfonamides is 1. The van der Waals surface area contributed by atoms with E-state index < -0.39 is 26.2 Å². The number of anilines is 1. The number of rotatable bonds is 5. The van der Waals surface area contributed by atoms with Gasteiger partial charge in [-0.25, -0.2) is 18.2 Å². The molecule has 0 aliphatic heterocycles. The van der Waals surface area contributed by atoms with Crippen molar-refractivity contribution in [1.82, 2.24) is 14.1 Å². The van der Waals surface area contributed by atoms with E-state index in [2.05, 4.69) is 9.71 Å². The first kappa shape index (κ1) is 23.1. The van der Waals surface area contributed by atoms with Gasteiger partial charge in [0.2, 0.25) is 0 Å². The van der Waals surface area contributed by atoms with Crippen molar-refractivity contribution in [3.05, 3.63) is 81.6 Å². The van der Waals surface area contributed by atoms with Gasteiger partial charge in [-0.1, -0.05) is 48.2 Å². The highest BCUT2D eigenvalue weighted by molar-refractivity contribution is 8.01. The van der Waals surface area contributed by atoms with Crippen LogP contribution in [0.1, 0.15) is 0 Å². The van der Waals surface area contributed by atoms with Crippen molar-refractivity contribution in [2.45, 2.75) is 14.1 Å². The van der Waals surface area contributed by atoms with Crippen LogP contribution in [0.5, 0.6) is 5.75 Å². The number of aryl methyl sites for hydroxylation is 1. The molecule has 0 fully saturated rings. The number of thiazole rings is 1. The maximum absolute atomic E-state index is 13.2. The number of phenols is 1. The van der Waals surface area contributed by atoms with E-state index in [0.29, 0.717) is 20.0 Å². The highest BCUT2D eigenvalue weighted by Gasteiger charge is 2.24. The van der Waals surface area contributed by atoms with Crippen molar-refractivity contribution in [2.75, 3.05) is 4.72 Å². The third kappa shape index (κ3) is 4.09. The molecule has 0 spiro atoms. The summed E-state index contributed by atoms with van der Waals surface area (Å²) in [6.45, 7) is 0. The molecule has 2 N–H and O–H groups in total. The van der Waals surface area contributed by atoms with Gasteiger partial charge in [-0.15, -0.1) is 11.3 Å². The summed E-state index contributed by atoms with van der Waals surface area (Å²) in [5.74, 6) is -0.00849. The average Bonchev–Trinajstić information content (AvgIpc) is 3.25. The van der Waals surface area contributed by atoms with Gasteiger partial charge in [0, 0.05) is 31.1 Å². The molecule has 0 atom stereocenters. The lowest BCUT2D eigenvalue weighted by Gasteiger charge is -2.15. The monoisotopic (exact) mass is 526 g/mol. The molecule has 0 amide bonds. The van der Waals surface area contributed by atoms with Crippen LogP contribution in [0.2, 0.25) is 0 Å². The number of nitrogens with one attached hydrogen (secondary N) is 1. The number of aromatic nitrogens is 3. The van der Waals surface area contributed by atoms with Gasteiger partial charge in [-0.2, -0.15) is 0 Å². The molecule has 5 aromatic rings. The van der Waals surface area contributed by atoms with Gasteiger partial charge in [0.15, 0.2) is 9.24 Å². The summed E-state index contributed by atoms with van der Waals surface area (Å²) < 4.78 is 32.4. The molecule has 2 heterocycles. The van der Waals surface area contributed by atoms with E-state index in [9.17, 15) is 23.1 Å². The summed E-state index contributed by atoms with van der Waals surface area (Å²) in [6.07, 6.45) is 0.992. The fourth-order valence-electron chi connectivity index (χ4n) is 3.64. The van der Waals surface area contributed by atoms with E-state index >= 15 is 0 Å². The number of fused-ring (bicyclic) bond motifs is 2. The third-order valence-electron chi connectivity index (χ3n) is 5.40. The summed E-state index contributed by atoms with van der Waals surface area (Å²) >= 11 is 2.67. The van der Waals surface area contributed by atoms with Gasteiger partial charge < -0.3 is 9.67 Å². The number of hydrogen-bond donors (Lipinski definition) is 2. The Hall–Kier alpha value is -3.61. The number of hydrogen-bond acceptors (Lipinski definition) is 8. The molecule has 35 heavy (non-hydrogen) atoms. The molecular weight excluding hydrogens is 508 g/mol. The molecule has 12 heteroatoms. The second-order valence-electron chi connectivity index (χ2n) is 7.72. The SMILES string of the molecule is Cn1cc(S(=O)(=O)Nc2cc(Sc3nc4ccccc4s3)c(O)c3ccccc23)c(=O)n(C)c1=O. The van der Waals surface area contributed by atoms with E-state index in [0.717, 1.165) is 25.5 Å². The van der Waals surface area contributed by atoms with E-state index in [1.54, 1.807) is 24.3 Å². The lowest BCUT2D eigenvalue weighted by Crippen LogP contribution is -2.40. The van der Waals surface area contributed by atoms with Gasteiger partial charge in [0.05, 0.1) is 20.8 Å². The van der Waals surface area contributed by atoms with Crippen LogP contribution < -0.4 is 16.0 Å². The molecule has 0 aliphatic carbocycles. The Labute approximate surface area is 207 Å². The Morgan fingerprint density at radius 3 is 2.46 bits per heavy atom. The molecule has 3 aromatic carbocycles. The second-order valence-corrected chi connectivity index (χ2v) is 11.7. The number of para-hydroxylation sites is 1. The lowest BCUT2D eigenvalue weighted by atomic mass is 10.1. The van der Waals surface area contributed by atoms with Crippen LogP contribution >= 0.6 is 23.1 Å². The number of benzene rings is 3. The maximum atomic E-state index is 13.2. The minimum absolute atomic E-state index is 0.00849. The number of aromatic hydroxyl groups is 1. The first-order chi connectivity index (χ1) is 16.7. The molecule has 0 aliphatic rings. The molecule has 0 bridgehead atoms. The highest BCUT2D eigenvalue weighted by Crippen LogP contribution is 2.44. The van der Waals surface area contributed by atoms with Gasteiger partial charge in [0.25, 0.3) is 15.6 Å². The second kappa shape index (κ2) is 8.56.